The Hall–Kier alpha value is -1.26. The summed E-state index contributed by atoms with van der Waals surface area (Å²) in [6.07, 6.45) is 4.94. The molecule has 1 aromatic rings. The summed E-state index contributed by atoms with van der Waals surface area (Å²) in [6.45, 7) is 1.72. The highest BCUT2D eigenvalue weighted by Gasteiger charge is 2.44. The summed E-state index contributed by atoms with van der Waals surface area (Å²) in [6, 6.07) is 1.73. The largest absolute Gasteiger partial charge is 0.476 e. The standard InChI is InChI=1S/C17H19Cl2NO3/c1-17(16(20)22,10-4-2-3-5-10)23-12-8-9-6-7-11(21)13(9)15(19)14(12)18/h8,10H,2-7H2,1H3,(H2,20,22). The summed E-state index contributed by atoms with van der Waals surface area (Å²) >= 11 is 12.6. The van der Waals surface area contributed by atoms with Crippen LogP contribution in [0.3, 0.4) is 0 Å². The molecule has 1 unspecified atom stereocenters. The molecule has 2 aliphatic rings. The Bertz CT molecular complexity index is 683. The van der Waals surface area contributed by atoms with E-state index >= 15 is 0 Å². The van der Waals surface area contributed by atoms with E-state index < -0.39 is 11.5 Å². The molecule has 4 nitrogen and oxygen atoms in total. The number of fused-ring (bicyclic) bond motifs is 1. The molecule has 1 saturated carbocycles. The lowest BCUT2D eigenvalue weighted by Gasteiger charge is -2.33. The van der Waals surface area contributed by atoms with Gasteiger partial charge in [-0.05, 0) is 37.8 Å². The van der Waals surface area contributed by atoms with E-state index in [9.17, 15) is 9.59 Å². The fraction of sp³-hybridized carbons (Fsp3) is 0.529. The van der Waals surface area contributed by atoms with Crippen molar-refractivity contribution < 1.29 is 14.3 Å². The van der Waals surface area contributed by atoms with Crippen LogP contribution in [0.15, 0.2) is 6.07 Å². The van der Waals surface area contributed by atoms with Crippen molar-refractivity contribution in [3.63, 3.8) is 0 Å². The predicted molar refractivity (Wildman–Crippen MR) is 89.3 cm³/mol. The van der Waals surface area contributed by atoms with Crippen molar-refractivity contribution in [1.29, 1.82) is 0 Å². The SMILES string of the molecule is CC(Oc1cc2c(c(Cl)c1Cl)C(=O)CC2)(C(N)=O)C1CCCC1. The zero-order chi connectivity index (χ0) is 16.8. The van der Waals surface area contributed by atoms with Crippen LogP contribution >= 0.6 is 23.2 Å². The van der Waals surface area contributed by atoms with E-state index in [1.807, 2.05) is 0 Å². The Morgan fingerprint density at radius 2 is 1.91 bits per heavy atom. The van der Waals surface area contributed by atoms with Crippen LogP contribution in [0.5, 0.6) is 5.75 Å². The number of nitrogens with two attached hydrogens (primary N) is 1. The summed E-state index contributed by atoms with van der Waals surface area (Å²) in [4.78, 5) is 24.0. The average molecular weight is 356 g/mol. The third kappa shape index (κ3) is 2.72. The first kappa shape index (κ1) is 16.6. The molecule has 0 spiro atoms. The number of hydrogen-bond acceptors (Lipinski definition) is 3. The van der Waals surface area contributed by atoms with E-state index in [0.717, 1.165) is 31.2 Å². The second-order valence-electron chi connectivity index (χ2n) is 6.51. The molecule has 0 aliphatic heterocycles. The van der Waals surface area contributed by atoms with E-state index in [-0.39, 0.29) is 21.7 Å². The number of amides is 1. The molecule has 23 heavy (non-hydrogen) atoms. The zero-order valence-electron chi connectivity index (χ0n) is 13.0. The zero-order valence-corrected chi connectivity index (χ0v) is 14.5. The van der Waals surface area contributed by atoms with Crippen molar-refractivity contribution in [2.45, 2.75) is 51.0 Å². The summed E-state index contributed by atoms with van der Waals surface area (Å²) in [5, 5.41) is 0.381. The molecule has 0 aromatic heterocycles. The van der Waals surface area contributed by atoms with Crippen LogP contribution in [0.25, 0.3) is 0 Å². The van der Waals surface area contributed by atoms with E-state index in [0.29, 0.717) is 24.2 Å². The number of benzene rings is 1. The molecule has 6 heteroatoms. The lowest BCUT2D eigenvalue weighted by molar-refractivity contribution is -0.136. The van der Waals surface area contributed by atoms with Crippen molar-refractivity contribution >= 4 is 34.9 Å². The molecule has 1 aromatic carbocycles. The topological polar surface area (TPSA) is 69.4 Å². The third-order valence-corrected chi connectivity index (χ3v) is 5.95. The summed E-state index contributed by atoms with van der Waals surface area (Å²) < 4.78 is 6.02. The highest BCUT2D eigenvalue weighted by molar-refractivity contribution is 6.45. The number of primary amides is 1. The third-order valence-electron chi connectivity index (χ3n) is 5.10. The summed E-state index contributed by atoms with van der Waals surface area (Å²) in [7, 11) is 0. The molecular formula is C17H19Cl2NO3. The lowest BCUT2D eigenvalue weighted by Crippen LogP contribution is -2.51. The Kier molecular flexibility index (Phi) is 4.32. The van der Waals surface area contributed by atoms with Crippen molar-refractivity contribution in [3.05, 3.63) is 27.2 Å². The summed E-state index contributed by atoms with van der Waals surface area (Å²) in [5.41, 5.74) is 5.80. The maximum absolute atomic E-state index is 12.1. The van der Waals surface area contributed by atoms with Gasteiger partial charge in [-0.25, -0.2) is 0 Å². The molecular weight excluding hydrogens is 337 g/mol. The molecule has 0 radical (unpaired) electrons. The van der Waals surface area contributed by atoms with Crippen LogP contribution in [0, 0.1) is 5.92 Å². The number of halogens is 2. The van der Waals surface area contributed by atoms with Crippen LogP contribution in [-0.4, -0.2) is 17.3 Å². The number of hydrogen-bond donors (Lipinski definition) is 1. The lowest BCUT2D eigenvalue weighted by atomic mass is 9.86. The van der Waals surface area contributed by atoms with Gasteiger partial charge in [0.15, 0.2) is 11.4 Å². The van der Waals surface area contributed by atoms with Gasteiger partial charge in [-0.1, -0.05) is 36.0 Å². The number of ether oxygens (including phenoxy) is 1. The van der Waals surface area contributed by atoms with Crippen LogP contribution in [0.2, 0.25) is 10.0 Å². The second-order valence-corrected chi connectivity index (χ2v) is 7.27. The molecule has 124 valence electrons. The molecule has 1 atom stereocenters. The van der Waals surface area contributed by atoms with Gasteiger partial charge in [0.2, 0.25) is 0 Å². The van der Waals surface area contributed by atoms with Gasteiger partial charge in [0.1, 0.15) is 10.8 Å². The smallest absolute Gasteiger partial charge is 0.261 e. The Morgan fingerprint density at radius 3 is 2.52 bits per heavy atom. The van der Waals surface area contributed by atoms with Gasteiger partial charge in [-0.15, -0.1) is 0 Å². The monoisotopic (exact) mass is 355 g/mol. The van der Waals surface area contributed by atoms with Crippen molar-refractivity contribution in [2.75, 3.05) is 0 Å². The number of aryl methyl sites for hydroxylation is 1. The first-order chi connectivity index (χ1) is 10.8. The fourth-order valence-electron chi connectivity index (χ4n) is 3.64. The van der Waals surface area contributed by atoms with Gasteiger partial charge in [0.25, 0.3) is 5.91 Å². The van der Waals surface area contributed by atoms with Crippen molar-refractivity contribution in [1.82, 2.24) is 0 Å². The van der Waals surface area contributed by atoms with Crippen LogP contribution < -0.4 is 10.5 Å². The van der Waals surface area contributed by atoms with Crippen molar-refractivity contribution in [2.24, 2.45) is 11.7 Å². The molecule has 3 rings (SSSR count). The molecule has 0 bridgehead atoms. The number of carbonyl (C=O) groups is 2. The summed E-state index contributed by atoms with van der Waals surface area (Å²) in [5.74, 6) is -0.122. The van der Waals surface area contributed by atoms with Gasteiger partial charge in [0, 0.05) is 17.9 Å². The minimum absolute atomic E-state index is 0.00749. The second kappa shape index (κ2) is 5.99. The average Bonchev–Trinajstić information content (AvgIpc) is 3.14. The van der Waals surface area contributed by atoms with E-state index in [1.54, 1.807) is 13.0 Å². The number of ketones is 1. The van der Waals surface area contributed by atoms with Crippen LogP contribution in [0.1, 0.15) is 54.9 Å². The Balaban J connectivity index is 2.00. The van der Waals surface area contributed by atoms with Gasteiger partial charge in [0.05, 0.1) is 5.02 Å². The number of carbonyl (C=O) groups excluding carboxylic acids is 2. The van der Waals surface area contributed by atoms with Crippen LogP contribution in [-0.2, 0) is 11.2 Å². The maximum Gasteiger partial charge on any atom is 0.261 e. The highest BCUT2D eigenvalue weighted by atomic mass is 35.5. The Morgan fingerprint density at radius 1 is 1.26 bits per heavy atom. The number of rotatable bonds is 4. The van der Waals surface area contributed by atoms with Gasteiger partial charge in [-0.2, -0.15) is 0 Å². The van der Waals surface area contributed by atoms with E-state index in [2.05, 4.69) is 0 Å². The normalized spacial score (nSPS) is 20.4. The molecule has 1 fully saturated rings. The molecule has 2 aliphatic carbocycles. The molecule has 2 N–H and O–H groups in total. The minimum atomic E-state index is -1.12. The Labute approximate surface area is 145 Å². The fourth-order valence-corrected chi connectivity index (χ4v) is 4.15. The first-order valence-corrected chi connectivity index (χ1v) is 8.63. The van der Waals surface area contributed by atoms with Gasteiger partial charge < -0.3 is 10.5 Å². The van der Waals surface area contributed by atoms with Gasteiger partial charge >= 0.3 is 0 Å². The molecule has 1 amide bonds. The molecule has 0 heterocycles. The van der Waals surface area contributed by atoms with Crippen molar-refractivity contribution in [3.8, 4) is 5.75 Å². The first-order valence-electron chi connectivity index (χ1n) is 7.87. The maximum atomic E-state index is 12.1. The quantitative estimate of drug-likeness (QED) is 0.889. The van der Waals surface area contributed by atoms with Crippen LogP contribution in [0.4, 0.5) is 0 Å². The van der Waals surface area contributed by atoms with E-state index in [4.69, 9.17) is 33.7 Å². The van der Waals surface area contributed by atoms with E-state index in [1.165, 1.54) is 0 Å². The molecule has 0 saturated heterocycles. The minimum Gasteiger partial charge on any atom is -0.476 e. The highest BCUT2D eigenvalue weighted by Crippen LogP contribution is 2.44. The number of Topliss-reactive ketones (excluding diaryl/α,β-unsaturated/α-hetero) is 1. The van der Waals surface area contributed by atoms with Gasteiger partial charge in [-0.3, -0.25) is 9.59 Å². The predicted octanol–water partition coefficient (Wildman–Crippen LogP) is 3.94.